The third kappa shape index (κ3) is 2.22. The number of pyridine rings is 1. The molecule has 2 aromatic rings. The molecule has 2 rings (SSSR count). The van der Waals surface area contributed by atoms with Gasteiger partial charge >= 0.3 is 0 Å². The number of aryl methyl sites for hydroxylation is 1. The fourth-order valence-corrected chi connectivity index (χ4v) is 1.61. The summed E-state index contributed by atoms with van der Waals surface area (Å²) >= 11 is 0. The highest BCUT2D eigenvalue weighted by atomic mass is 16.5. The maximum atomic E-state index is 5.59. The van der Waals surface area contributed by atoms with Crippen LogP contribution in [0.25, 0.3) is 11.1 Å². The molecule has 0 saturated carbocycles. The summed E-state index contributed by atoms with van der Waals surface area (Å²) in [6.45, 7) is 4.65. The number of hydrogen-bond acceptors (Lipinski definition) is 2. The van der Waals surface area contributed by atoms with Gasteiger partial charge in [0.15, 0.2) is 0 Å². The van der Waals surface area contributed by atoms with Gasteiger partial charge in [-0.15, -0.1) is 0 Å². The molecule has 0 aliphatic rings. The first-order chi connectivity index (χ1) is 7.81. The van der Waals surface area contributed by atoms with E-state index >= 15 is 0 Å². The van der Waals surface area contributed by atoms with E-state index in [9.17, 15) is 0 Å². The van der Waals surface area contributed by atoms with Crippen LogP contribution < -0.4 is 4.74 Å². The number of aromatic nitrogens is 1. The molecule has 0 radical (unpaired) electrons. The summed E-state index contributed by atoms with van der Waals surface area (Å²) in [5.41, 5.74) is 3.21. The minimum absolute atomic E-state index is 0.677. The Hall–Kier alpha value is -1.83. The quantitative estimate of drug-likeness (QED) is 0.779. The van der Waals surface area contributed by atoms with Gasteiger partial charge in [-0.25, -0.2) is 0 Å². The van der Waals surface area contributed by atoms with Crippen molar-refractivity contribution in [2.45, 2.75) is 13.8 Å². The second-order valence-corrected chi connectivity index (χ2v) is 3.62. The molecule has 0 saturated heterocycles. The first-order valence-electron chi connectivity index (χ1n) is 5.46. The molecule has 2 heteroatoms. The van der Waals surface area contributed by atoms with Crippen LogP contribution in [0.4, 0.5) is 0 Å². The number of ether oxygens (including phenoxy) is 1. The minimum Gasteiger partial charge on any atom is -0.493 e. The van der Waals surface area contributed by atoms with Crippen molar-refractivity contribution in [3.8, 4) is 16.9 Å². The van der Waals surface area contributed by atoms with Crippen molar-refractivity contribution in [3.63, 3.8) is 0 Å². The van der Waals surface area contributed by atoms with Gasteiger partial charge in [0.25, 0.3) is 0 Å². The van der Waals surface area contributed by atoms with Gasteiger partial charge in [0, 0.05) is 23.0 Å². The number of rotatable bonds is 3. The van der Waals surface area contributed by atoms with Crippen molar-refractivity contribution >= 4 is 0 Å². The molecule has 0 unspecified atom stereocenters. The van der Waals surface area contributed by atoms with E-state index in [1.54, 1.807) is 0 Å². The van der Waals surface area contributed by atoms with E-state index in [-0.39, 0.29) is 0 Å². The molecule has 0 atom stereocenters. The summed E-state index contributed by atoms with van der Waals surface area (Å²) in [6, 6.07) is 12.1. The molecule has 16 heavy (non-hydrogen) atoms. The van der Waals surface area contributed by atoms with E-state index in [1.165, 1.54) is 0 Å². The number of benzene rings is 1. The Labute approximate surface area is 95.9 Å². The molecule has 0 aliphatic heterocycles. The zero-order valence-electron chi connectivity index (χ0n) is 9.60. The molecular weight excluding hydrogens is 198 g/mol. The van der Waals surface area contributed by atoms with Crippen LogP contribution in [-0.2, 0) is 0 Å². The van der Waals surface area contributed by atoms with Crippen LogP contribution in [0.5, 0.6) is 5.75 Å². The van der Waals surface area contributed by atoms with Gasteiger partial charge in [0.05, 0.1) is 6.61 Å². The molecule has 2 nitrogen and oxygen atoms in total. The Morgan fingerprint density at radius 1 is 1.12 bits per heavy atom. The van der Waals surface area contributed by atoms with Crippen molar-refractivity contribution in [3.05, 3.63) is 48.3 Å². The summed E-state index contributed by atoms with van der Waals surface area (Å²) in [7, 11) is 0. The van der Waals surface area contributed by atoms with Crippen LogP contribution in [0.2, 0.25) is 0 Å². The first-order valence-corrected chi connectivity index (χ1v) is 5.46. The smallest absolute Gasteiger partial charge is 0.127 e. The summed E-state index contributed by atoms with van der Waals surface area (Å²) in [6.07, 6.45) is 1.88. The van der Waals surface area contributed by atoms with Gasteiger partial charge in [0.1, 0.15) is 5.75 Å². The van der Waals surface area contributed by atoms with Gasteiger partial charge in [-0.3, -0.25) is 4.98 Å². The van der Waals surface area contributed by atoms with Crippen molar-refractivity contribution < 1.29 is 4.74 Å². The van der Waals surface area contributed by atoms with Gasteiger partial charge < -0.3 is 4.74 Å². The summed E-state index contributed by atoms with van der Waals surface area (Å²) < 4.78 is 5.59. The van der Waals surface area contributed by atoms with Gasteiger partial charge in [-0.1, -0.05) is 24.3 Å². The zero-order valence-corrected chi connectivity index (χ0v) is 9.60. The lowest BCUT2D eigenvalue weighted by molar-refractivity contribution is 0.341. The number of para-hydroxylation sites is 1. The highest BCUT2D eigenvalue weighted by molar-refractivity contribution is 5.69. The lowest BCUT2D eigenvalue weighted by Gasteiger charge is -2.09. The van der Waals surface area contributed by atoms with Crippen LogP contribution in [0.1, 0.15) is 12.6 Å². The zero-order chi connectivity index (χ0) is 11.4. The van der Waals surface area contributed by atoms with Crippen molar-refractivity contribution in [1.82, 2.24) is 4.98 Å². The number of nitrogens with zero attached hydrogens (tertiary/aromatic N) is 1. The topological polar surface area (TPSA) is 22.1 Å². The molecule has 82 valence electrons. The molecule has 1 aromatic carbocycles. The third-order valence-electron chi connectivity index (χ3n) is 2.41. The summed E-state index contributed by atoms with van der Waals surface area (Å²) in [5, 5.41) is 0. The SMILES string of the molecule is CCOc1ccccc1-c1ccc(C)nc1. The molecule has 0 amide bonds. The monoisotopic (exact) mass is 213 g/mol. The number of hydrogen-bond donors (Lipinski definition) is 0. The van der Waals surface area contributed by atoms with E-state index in [2.05, 4.69) is 17.1 Å². The second kappa shape index (κ2) is 4.79. The van der Waals surface area contributed by atoms with Gasteiger partial charge in [-0.05, 0) is 26.0 Å². The lowest BCUT2D eigenvalue weighted by Crippen LogP contribution is -1.94. The summed E-state index contributed by atoms with van der Waals surface area (Å²) in [4.78, 5) is 4.30. The van der Waals surface area contributed by atoms with Crippen LogP contribution in [-0.4, -0.2) is 11.6 Å². The predicted molar refractivity (Wildman–Crippen MR) is 65.6 cm³/mol. The molecular formula is C14H15NO. The van der Waals surface area contributed by atoms with E-state index in [0.717, 1.165) is 22.6 Å². The fraction of sp³-hybridized carbons (Fsp3) is 0.214. The first kappa shape index (κ1) is 10.7. The Morgan fingerprint density at radius 2 is 1.94 bits per heavy atom. The van der Waals surface area contributed by atoms with Crippen molar-refractivity contribution in [1.29, 1.82) is 0 Å². The molecule has 0 bridgehead atoms. The minimum atomic E-state index is 0.677. The van der Waals surface area contributed by atoms with Gasteiger partial charge in [-0.2, -0.15) is 0 Å². The van der Waals surface area contributed by atoms with Crippen molar-refractivity contribution in [2.75, 3.05) is 6.61 Å². The normalized spacial score (nSPS) is 10.1. The Kier molecular flexibility index (Phi) is 3.20. The van der Waals surface area contributed by atoms with Crippen LogP contribution in [0, 0.1) is 6.92 Å². The summed E-state index contributed by atoms with van der Waals surface area (Å²) in [5.74, 6) is 0.913. The highest BCUT2D eigenvalue weighted by Gasteiger charge is 2.04. The van der Waals surface area contributed by atoms with Crippen molar-refractivity contribution in [2.24, 2.45) is 0 Å². The van der Waals surface area contributed by atoms with Crippen LogP contribution >= 0.6 is 0 Å². The van der Waals surface area contributed by atoms with E-state index in [1.807, 2.05) is 44.3 Å². The largest absolute Gasteiger partial charge is 0.493 e. The molecule has 0 N–H and O–H groups in total. The maximum Gasteiger partial charge on any atom is 0.127 e. The lowest BCUT2D eigenvalue weighted by atomic mass is 10.1. The standard InChI is InChI=1S/C14H15NO/c1-3-16-14-7-5-4-6-13(14)12-9-8-11(2)15-10-12/h4-10H,3H2,1-2H3. The van der Waals surface area contributed by atoms with E-state index < -0.39 is 0 Å². The Bertz CT molecular complexity index is 462. The van der Waals surface area contributed by atoms with Crippen LogP contribution in [0.3, 0.4) is 0 Å². The van der Waals surface area contributed by atoms with E-state index in [4.69, 9.17) is 4.74 Å². The van der Waals surface area contributed by atoms with Crippen LogP contribution in [0.15, 0.2) is 42.6 Å². The molecule has 1 heterocycles. The Balaban J connectivity index is 2.42. The van der Waals surface area contributed by atoms with E-state index in [0.29, 0.717) is 6.61 Å². The average molecular weight is 213 g/mol. The average Bonchev–Trinajstić information content (AvgIpc) is 2.32. The third-order valence-corrected chi connectivity index (χ3v) is 2.41. The molecule has 0 spiro atoms. The Morgan fingerprint density at radius 3 is 2.62 bits per heavy atom. The molecule has 1 aromatic heterocycles. The predicted octanol–water partition coefficient (Wildman–Crippen LogP) is 3.46. The highest BCUT2D eigenvalue weighted by Crippen LogP contribution is 2.29. The second-order valence-electron chi connectivity index (χ2n) is 3.62. The molecule has 0 aliphatic carbocycles. The van der Waals surface area contributed by atoms with Gasteiger partial charge in [0.2, 0.25) is 0 Å². The molecule has 0 fully saturated rings. The fourth-order valence-electron chi connectivity index (χ4n) is 1.61. The maximum absolute atomic E-state index is 5.59.